The summed E-state index contributed by atoms with van der Waals surface area (Å²) >= 11 is 0. The number of amides is 5. The lowest BCUT2D eigenvalue weighted by atomic mass is 9.92. The molecule has 6 fully saturated rings. The first kappa shape index (κ1) is 96.8. The van der Waals surface area contributed by atoms with Gasteiger partial charge in [0.1, 0.15) is 66.5 Å². The number of phosphoric ester groups is 3. The lowest BCUT2D eigenvalue weighted by molar-refractivity contribution is -0.282. The van der Waals surface area contributed by atoms with Crippen molar-refractivity contribution in [2.24, 2.45) is 5.92 Å². The summed E-state index contributed by atoms with van der Waals surface area (Å²) < 4.78 is 129. The zero-order chi connectivity index (χ0) is 81.3. The summed E-state index contributed by atoms with van der Waals surface area (Å²) in [6.45, 7) is 2.83. The Bertz CT molecular complexity index is 2890. The Morgan fingerprint density at radius 2 is 0.739 bits per heavy atom. The number of likely N-dealkylation sites (tertiary alicyclic amines) is 3. The van der Waals surface area contributed by atoms with Crippen molar-refractivity contribution in [3.63, 3.8) is 0 Å². The number of hydrogen-bond donors (Lipinski definition) is 14. The number of piperidine rings is 3. The minimum absolute atomic E-state index is 0.0293. The number of carbonyl (C=O) groups is 5. The average Bonchev–Trinajstić information content (AvgIpc) is 0.760. The summed E-state index contributed by atoms with van der Waals surface area (Å²) in [7, 11) is -12.4. The average molecular weight is 1670 g/mol. The molecular formula is C67H122N5O36P3. The van der Waals surface area contributed by atoms with E-state index in [2.05, 4.69) is 10.6 Å². The van der Waals surface area contributed by atoms with Crippen LogP contribution in [0.3, 0.4) is 0 Å². The third-order valence-corrected chi connectivity index (χ3v) is 22.8. The van der Waals surface area contributed by atoms with Gasteiger partial charge < -0.3 is 133 Å². The Kier molecular flexibility index (Phi) is 43.0. The van der Waals surface area contributed by atoms with Crippen molar-refractivity contribution in [3.05, 3.63) is 0 Å². The van der Waals surface area contributed by atoms with Crippen LogP contribution in [0.5, 0.6) is 0 Å². The highest BCUT2D eigenvalue weighted by molar-refractivity contribution is 7.48. The minimum Gasteiger partial charge on any atom is -0.394 e. The number of rotatable bonds is 51. The molecule has 44 heteroatoms. The smallest absolute Gasteiger partial charge is 0.394 e. The molecule has 14 N–H and O–H groups in total. The normalized spacial score (nSPS) is 29.6. The molecule has 0 spiro atoms. The molecule has 6 rings (SSSR count). The molecule has 0 aromatic carbocycles. The van der Waals surface area contributed by atoms with E-state index in [1.54, 1.807) is 21.6 Å². The van der Waals surface area contributed by atoms with Gasteiger partial charge in [0.05, 0.1) is 83.9 Å². The molecule has 0 saturated carbocycles. The highest BCUT2D eigenvalue weighted by atomic mass is 31.2. The first-order valence-corrected chi connectivity index (χ1v) is 42.7. The van der Waals surface area contributed by atoms with Crippen molar-refractivity contribution in [3.8, 4) is 0 Å². The second-order valence-electron chi connectivity index (χ2n) is 28.5. The number of unbranched alkanes of at least 4 members (excludes halogenated alkanes) is 3. The largest absolute Gasteiger partial charge is 0.472 e. The summed E-state index contributed by atoms with van der Waals surface area (Å²) in [5.41, 5.74) is -1.35. The number of ether oxygens (including phenoxy) is 10. The lowest BCUT2D eigenvalue weighted by Gasteiger charge is -2.42. The van der Waals surface area contributed by atoms with Gasteiger partial charge in [-0.3, -0.25) is 51.1 Å². The SMILES string of the molecule is COCC(COCCCOP(=O)(O)OC1CCN(C(=O)CCCCOC2OC(CO)C(O)C(O)C2C)CC1)(COCCCOP(=O)(O)OC1CCN(C(=O)CCCCOC2OC(CO)C(O)C(O)C2NC(C)=O)CC1)OCCCOP(=O)(O)OC1CCN(C(=O)CCCCOC2OC(CO)C(O)C(O)C2NC(C)=O)CC1. The third kappa shape index (κ3) is 33.3. The van der Waals surface area contributed by atoms with Gasteiger partial charge in [0, 0.05) is 125 Å². The third-order valence-electron chi connectivity index (χ3n) is 19.6. The monoisotopic (exact) mass is 1670 g/mol. The van der Waals surface area contributed by atoms with Crippen LogP contribution in [0.4, 0.5) is 0 Å². The van der Waals surface area contributed by atoms with E-state index >= 15 is 0 Å². The fourth-order valence-electron chi connectivity index (χ4n) is 13.4. The maximum atomic E-state index is 13.2. The van der Waals surface area contributed by atoms with Gasteiger partial charge in [-0.25, -0.2) is 13.7 Å². The van der Waals surface area contributed by atoms with Crippen molar-refractivity contribution in [1.82, 2.24) is 25.3 Å². The second-order valence-corrected chi connectivity index (χ2v) is 32.7. The van der Waals surface area contributed by atoms with E-state index in [-0.39, 0.29) is 213 Å². The zero-order valence-electron chi connectivity index (χ0n) is 63.8. The molecule has 5 amide bonds. The molecule has 0 aliphatic carbocycles. The van der Waals surface area contributed by atoms with Crippen LogP contribution in [0.2, 0.25) is 0 Å². The Hall–Kier alpha value is -3.08. The number of carbonyl (C=O) groups excluding carboxylic acids is 5. The highest BCUT2D eigenvalue weighted by Gasteiger charge is 2.48. The summed E-state index contributed by atoms with van der Waals surface area (Å²) in [5.74, 6) is -1.97. The van der Waals surface area contributed by atoms with Crippen LogP contribution >= 0.6 is 23.5 Å². The van der Waals surface area contributed by atoms with Crippen molar-refractivity contribution in [2.45, 2.75) is 246 Å². The molecule has 111 heavy (non-hydrogen) atoms. The van der Waals surface area contributed by atoms with Gasteiger partial charge in [0.25, 0.3) is 0 Å². The molecule has 646 valence electrons. The molecule has 0 radical (unpaired) electrons. The Morgan fingerprint density at radius 1 is 0.423 bits per heavy atom. The minimum atomic E-state index is -4.62. The van der Waals surface area contributed by atoms with E-state index < -0.39 is 171 Å². The molecule has 6 heterocycles. The Morgan fingerprint density at radius 3 is 1.06 bits per heavy atom. The van der Waals surface area contributed by atoms with Gasteiger partial charge >= 0.3 is 23.5 Å². The van der Waals surface area contributed by atoms with E-state index in [1.165, 1.54) is 21.0 Å². The van der Waals surface area contributed by atoms with Crippen molar-refractivity contribution in [1.29, 1.82) is 0 Å². The fraction of sp³-hybridized carbons (Fsp3) is 0.925. The molecule has 6 aliphatic heterocycles. The van der Waals surface area contributed by atoms with Gasteiger partial charge in [0.2, 0.25) is 29.5 Å². The summed E-state index contributed by atoms with van der Waals surface area (Å²) in [5, 5.41) is 95.5. The molecule has 0 bridgehead atoms. The van der Waals surface area contributed by atoms with Gasteiger partial charge in [-0.1, -0.05) is 6.92 Å². The molecule has 41 nitrogen and oxygen atoms in total. The number of aliphatic hydroxyl groups is 9. The van der Waals surface area contributed by atoms with E-state index in [0.29, 0.717) is 38.5 Å². The molecular weight excluding hydrogens is 1540 g/mol. The van der Waals surface area contributed by atoms with E-state index in [9.17, 15) is 98.3 Å². The van der Waals surface area contributed by atoms with Crippen molar-refractivity contribution >= 4 is 53.0 Å². The maximum absolute atomic E-state index is 13.2. The molecule has 19 unspecified atom stereocenters. The van der Waals surface area contributed by atoms with Gasteiger partial charge in [-0.2, -0.15) is 0 Å². The van der Waals surface area contributed by atoms with Crippen LogP contribution in [-0.2, 0) is 112 Å². The zero-order valence-corrected chi connectivity index (χ0v) is 66.5. The first-order valence-electron chi connectivity index (χ1n) is 38.2. The summed E-state index contributed by atoms with van der Waals surface area (Å²) in [6, 6.07) is -2.20. The molecule has 0 aromatic heterocycles. The first-order chi connectivity index (χ1) is 52.8. The Labute approximate surface area is 646 Å². The van der Waals surface area contributed by atoms with Crippen molar-refractivity contribution < 1.29 is 173 Å². The fourth-order valence-corrected chi connectivity index (χ4v) is 16.4. The van der Waals surface area contributed by atoms with E-state index in [4.69, 9.17) is 74.5 Å². The van der Waals surface area contributed by atoms with Crippen LogP contribution < -0.4 is 10.6 Å². The number of methoxy groups -OCH3 is 1. The predicted octanol–water partition coefficient (Wildman–Crippen LogP) is -1.51. The topological polar surface area (TPSA) is 561 Å². The number of nitrogens with one attached hydrogen (secondary N) is 2. The van der Waals surface area contributed by atoms with Gasteiger partial charge in [-0.05, 0) is 96.3 Å². The van der Waals surface area contributed by atoms with Gasteiger partial charge in [0.15, 0.2) is 18.9 Å². The van der Waals surface area contributed by atoms with E-state index in [0.717, 1.165) is 0 Å². The number of phosphoric acid groups is 3. The molecule has 6 aliphatic rings. The van der Waals surface area contributed by atoms with Crippen LogP contribution in [0.15, 0.2) is 0 Å². The van der Waals surface area contributed by atoms with Gasteiger partial charge in [-0.15, -0.1) is 0 Å². The van der Waals surface area contributed by atoms with Crippen LogP contribution in [0, 0.1) is 5.92 Å². The van der Waals surface area contributed by atoms with Crippen LogP contribution in [0.1, 0.15) is 136 Å². The molecule has 6 saturated heterocycles. The number of hydrogen-bond acceptors (Lipinski definition) is 33. The van der Waals surface area contributed by atoms with Crippen molar-refractivity contribution in [2.75, 3.05) is 145 Å². The maximum Gasteiger partial charge on any atom is 0.472 e. The highest BCUT2D eigenvalue weighted by Crippen LogP contribution is 2.48. The van der Waals surface area contributed by atoms with Crippen LogP contribution in [0.25, 0.3) is 0 Å². The summed E-state index contributed by atoms with van der Waals surface area (Å²) in [6.07, 6.45) is -11.9. The Balaban J connectivity index is 0.896. The number of nitrogens with zero attached hydrogens (tertiary/aromatic N) is 3. The quantitative estimate of drug-likeness (QED) is 0.0243. The molecule has 19 atom stereocenters. The molecule has 0 aromatic rings. The second kappa shape index (κ2) is 49.3. The standard InChI is InChI=1S/C67H122N5O36P3/c1-44-58(81)59(82)50(38-73)103-64(44)96-31-8-5-14-53(78)70-23-17-47(18-24-70)106-109(87,88)100-35-11-29-94-42-67(41-93-4,99-34-13-37-102-111(91,92)108-49-21-27-72(28-22-49)55(80)16-7-10-33-98-66-57(69-46(3)77)63(86)61(84)52(40-75)105-66)43-95-30-12-36-101-110(89,90)107-48-19-25-71(26-20-48)54(79)15-6-9-32-97-65-56(68-45(2)76)62(85)60(83)51(39-74)104-65/h44,47-52,56-66,73-75,81-86H,5-43H2,1-4H3,(H,68,76)(H,69,77)(H,87,88)(H,89,90)(H,91,92). The lowest BCUT2D eigenvalue weighted by Crippen LogP contribution is -2.64. The summed E-state index contributed by atoms with van der Waals surface area (Å²) in [4.78, 5) is 99.6. The predicted molar refractivity (Wildman–Crippen MR) is 383 cm³/mol. The van der Waals surface area contributed by atoms with Crippen LogP contribution in [-0.4, -0.2) is 360 Å². The van der Waals surface area contributed by atoms with E-state index in [1.807, 2.05) is 0 Å². The number of aliphatic hydroxyl groups excluding tert-OH is 9.